The van der Waals surface area contributed by atoms with E-state index in [0.717, 1.165) is 32.6 Å². The molecule has 1 atom stereocenters. The first-order valence-electron chi connectivity index (χ1n) is 7.22. The van der Waals surface area contributed by atoms with Gasteiger partial charge in [0.25, 0.3) is 0 Å². The summed E-state index contributed by atoms with van der Waals surface area (Å²) in [6, 6.07) is 9.90. The Hall–Kier alpha value is -0.900. The van der Waals surface area contributed by atoms with Gasteiger partial charge in [0.15, 0.2) is 0 Å². The average molecular weight is 262 g/mol. The van der Waals surface area contributed by atoms with Crippen molar-refractivity contribution in [3.8, 4) is 0 Å². The molecule has 2 rings (SSSR count). The summed E-state index contributed by atoms with van der Waals surface area (Å²) in [4.78, 5) is 2.48. The standard InChI is InChI=1S/C16H26N2O/c1-13-4-6-14(7-5-13)16(17-2)12-18(3)15-8-10-19-11-9-15/h4-7,15-17H,8-12H2,1-3H3. The Labute approximate surface area is 116 Å². The molecule has 0 amide bonds. The molecule has 1 unspecified atom stereocenters. The van der Waals surface area contributed by atoms with Crippen molar-refractivity contribution in [3.05, 3.63) is 35.4 Å². The molecule has 3 heteroatoms. The van der Waals surface area contributed by atoms with E-state index in [2.05, 4.69) is 48.5 Å². The van der Waals surface area contributed by atoms with Crippen molar-refractivity contribution >= 4 is 0 Å². The average Bonchev–Trinajstić information content (AvgIpc) is 2.46. The van der Waals surface area contributed by atoms with Gasteiger partial charge < -0.3 is 15.0 Å². The summed E-state index contributed by atoms with van der Waals surface area (Å²) in [6.45, 7) is 4.99. The van der Waals surface area contributed by atoms with E-state index in [-0.39, 0.29) is 0 Å². The lowest BCUT2D eigenvalue weighted by atomic mass is 10.0. The van der Waals surface area contributed by atoms with Crippen LogP contribution >= 0.6 is 0 Å². The zero-order chi connectivity index (χ0) is 13.7. The molecule has 0 radical (unpaired) electrons. The lowest BCUT2D eigenvalue weighted by Crippen LogP contribution is -2.41. The molecule has 3 nitrogen and oxygen atoms in total. The third kappa shape index (κ3) is 4.03. The Kier molecular flexibility index (Phi) is 5.37. The molecular formula is C16H26N2O. The van der Waals surface area contributed by atoms with Crippen LogP contribution in [0.2, 0.25) is 0 Å². The van der Waals surface area contributed by atoms with Crippen molar-refractivity contribution in [2.24, 2.45) is 0 Å². The lowest BCUT2D eigenvalue weighted by molar-refractivity contribution is 0.0404. The largest absolute Gasteiger partial charge is 0.381 e. The first-order valence-corrected chi connectivity index (χ1v) is 7.22. The predicted molar refractivity (Wildman–Crippen MR) is 79.5 cm³/mol. The van der Waals surface area contributed by atoms with Gasteiger partial charge >= 0.3 is 0 Å². The van der Waals surface area contributed by atoms with Gasteiger partial charge in [0.2, 0.25) is 0 Å². The molecule has 106 valence electrons. The van der Waals surface area contributed by atoms with Gasteiger partial charge in [-0.25, -0.2) is 0 Å². The summed E-state index contributed by atoms with van der Waals surface area (Å²) in [5, 5.41) is 3.43. The van der Waals surface area contributed by atoms with Gasteiger partial charge in [-0.15, -0.1) is 0 Å². The van der Waals surface area contributed by atoms with Crippen molar-refractivity contribution in [1.29, 1.82) is 0 Å². The second kappa shape index (κ2) is 7.04. The van der Waals surface area contributed by atoms with Crippen molar-refractivity contribution in [2.75, 3.05) is 33.9 Å². The highest BCUT2D eigenvalue weighted by Gasteiger charge is 2.21. The van der Waals surface area contributed by atoms with Crippen LogP contribution in [0.3, 0.4) is 0 Å². The van der Waals surface area contributed by atoms with Gasteiger partial charge in [0.1, 0.15) is 0 Å². The number of ether oxygens (including phenoxy) is 1. The van der Waals surface area contributed by atoms with Crippen LogP contribution in [0, 0.1) is 6.92 Å². The molecule has 1 heterocycles. The van der Waals surface area contributed by atoms with E-state index in [1.807, 2.05) is 7.05 Å². The summed E-state index contributed by atoms with van der Waals surface area (Å²) < 4.78 is 5.44. The van der Waals surface area contributed by atoms with Crippen LogP contribution in [0.25, 0.3) is 0 Å². The van der Waals surface area contributed by atoms with Crippen LogP contribution in [-0.2, 0) is 4.74 Å². The maximum Gasteiger partial charge on any atom is 0.0480 e. The van der Waals surface area contributed by atoms with Gasteiger partial charge in [0.05, 0.1) is 0 Å². The fraction of sp³-hybridized carbons (Fsp3) is 0.625. The van der Waals surface area contributed by atoms with Crippen molar-refractivity contribution in [3.63, 3.8) is 0 Å². The molecule has 0 spiro atoms. The Morgan fingerprint density at radius 3 is 2.47 bits per heavy atom. The Bertz CT molecular complexity index is 371. The minimum atomic E-state index is 0.397. The number of hydrogen-bond donors (Lipinski definition) is 1. The highest BCUT2D eigenvalue weighted by molar-refractivity contribution is 5.24. The summed E-state index contributed by atoms with van der Waals surface area (Å²) >= 11 is 0. The quantitative estimate of drug-likeness (QED) is 0.881. The monoisotopic (exact) mass is 262 g/mol. The van der Waals surface area contributed by atoms with E-state index in [1.165, 1.54) is 11.1 Å². The molecule has 1 aliphatic rings. The molecular weight excluding hydrogens is 236 g/mol. The topological polar surface area (TPSA) is 24.5 Å². The molecule has 0 aromatic heterocycles. The number of likely N-dealkylation sites (N-methyl/N-ethyl adjacent to an activating group) is 2. The molecule has 1 N–H and O–H groups in total. The molecule has 1 aromatic rings. The molecule has 0 bridgehead atoms. The molecule has 0 saturated carbocycles. The first kappa shape index (κ1) is 14.5. The molecule has 1 aromatic carbocycles. The maximum absolute atomic E-state index is 5.44. The predicted octanol–water partition coefficient (Wildman–Crippen LogP) is 2.37. The SMILES string of the molecule is CNC(CN(C)C1CCOCC1)c1ccc(C)cc1. The highest BCUT2D eigenvalue weighted by atomic mass is 16.5. The van der Waals surface area contributed by atoms with E-state index in [1.54, 1.807) is 0 Å². The van der Waals surface area contributed by atoms with Crippen LogP contribution in [0.1, 0.15) is 30.0 Å². The number of rotatable bonds is 5. The second-order valence-corrected chi connectivity index (χ2v) is 5.54. The summed E-state index contributed by atoms with van der Waals surface area (Å²) in [5.41, 5.74) is 2.68. The summed E-state index contributed by atoms with van der Waals surface area (Å²) in [5.74, 6) is 0. The molecule has 1 saturated heterocycles. The van der Waals surface area contributed by atoms with Crippen molar-refractivity contribution < 1.29 is 4.74 Å². The molecule has 19 heavy (non-hydrogen) atoms. The maximum atomic E-state index is 5.44. The van der Waals surface area contributed by atoms with Crippen molar-refractivity contribution in [2.45, 2.75) is 31.8 Å². The Balaban J connectivity index is 1.96. The third-order valence-electron chi connectivity index (χ3n) is 4.11. The van der Waals surface area contributed by atoms with Crippen LogP contribution in [0.15, 0.2) is 24.3 Å². The lowest BCUT2D eigenvalue weighted by Gasteiger charge is -2.33. The molecule has 1 aliphatic heterocycles. The fourth-order valence-corrected chi connectivity index (χ4v) is 2.73. The number of nitrogens with zero attached hydrogens (tertiary/aromatic N) is 1. The number of nitrogens with one attached hydrogen (secondary N) is 1. The van der Waals surface area contributed by atoms with E-state index >= 15 is 0 Å². The van der Waals surface area contributed by atoms with Crippen molar-refractivity contribution in [1.82, 2.24) is 10.2 Å². The summed E-state index contributed by atoms with van der Waals surface area (Å²) in [6.07, 6.45) is 2.31. The van der Waals surface area contributed by atoms with Gasteiger partial charge in [-0.2, -0.15) is 0 Å². The zero-order valence-electron chi connectivity index (χ0n) is 12.4. The van der Waals surface area contributed by atoms with Crippen LogP contribution in [-0.4, -0.2) is 44.8 Å². The molecule has 1 fully saturated rings. The van der Waals surface area contributed by atoms with E-state index in [4.69, 9.17) is 4.74 Å². The number of benzene rings is 1. The minimum Gasteiger partial charge on any atom is -0.381 e. The third-order valence-corrected chi connectivity index (χ3v) is 4.11. The van der Waals surface area contributed by atoms with E-state index < -0.39 is 0 Å². The van der Waals surface area contributed by atoms with Gasteiger partial charge in [-0.3, -0.25) is 0 Å². The van der Waals surface area contributed by atoms with Crippen LogP contribution < -0.4 is 5.32 Å². The highest BCUT2D eigenvalue weighted by Crippen LogP contribution is 2.19. The Morgan fingerprint density at radius 2 is 1.89 bits per heavy atom. The minimum absolute atomic E-state index is 0.397. The summed E-state index contributed by atoms with van der Waals surface area (Å²) in [7, 11) is 4.27. The van der Waals surface area contributed by atoms with Gasteiger partial charge in [-0.05, 0) is 39.4 Å². The second-order valence-electron chi connectivity index (χ2n) is 5.54. The van der Waals surface area contributed by atoms with Gasteiger partial charge in [-0.1, -0.05) is 29.8 Å². The fourth-order valence-electron chi connectivity index (χ4n) is 2.73. The van der Waals surface area contributed by atoms with E-state index in [9.17, 15) is 0 Å². The normalized spacial score (nSPS) is 18.7. The van der Waals surface area contributed by atoms with Crippen LogP contribution in [0.4, 0.5) is 0 Å². The Morgan fingerprint density at radius 1 is 1.26 bits per heavy atom. The number of hydrogen-bond acceptors (Lipinski definition) is 3. The van der Waals surface area contributed by atoms with Crippen LogP contribution in [0.5, 0.6) is 0 Å². The first-order chi connectivity index (χ1) is 9.20. The molecule has 0 aliphatic carbocycles. The van der Waals surface area contributed by atoms with Gasteiger partial charge in [0, 0.05) is 31.8 Å². The van der Waals surface area contributed by atoms with E-state index in [0.29, 0.717) is 12.1 Å². The zero-order valence-corrected chi connectivity index (χ0v) is 12.4. The number of aryl methyl sites for hydroxylation is 1. The smallest absolute Gasteiger partial charge is 0.0480 e.